The number of aromatic nitrogens is 2. The zero-order valence-electron chi connectivity index (χ0n) is 13.1. The van der Waals surface area contributed by atoms with Crippen LogP contribution in [0.5, 0.6) is 0 Å². The first-order valence-corrected chi connectivity index (χ1v) is 8.27. The molecule has 0 aromatic carbocycles. The molecule has 2 heterocycles. The van der Waals surface area contributed by atoms with Crippen LogP contribution in [-0.2, 0) is 6.54 Å². The third-order valence-corrected chi connectivity index (χ3v) is 3.93. The van der Waals surface area contributed by atoms with E-state index in [-0.39, 0.29) is 5.56 Å². The lowest BCUT2D eigenvalue weighted by Crippen LogP contribution is -2.21. The van der Waals surface area contributed by atoms with Crippen molar-refractivity contribution < 1.29 is 0 Å². The molecule has 0 amide bonds. The Kier molecular flexibility index (Phi) is 5.17. The van der Waals surface area contributed by atoms with Gasteiger partial charge in [-0.2, -0.15) is 0 Å². The topological polar surface area (TPSA) is 46.9 Å². The molecule has 0 atom stereocenters. The van der Waals surface area contributed by atoms with E-state index in [4.69, 9.17) is 0 Å². The van der Waals surface area contributed by atoms with Crippen molar-refractivity contribution in [2.24, 2.45) is 5.92 Å². The van der Waals surface area contributed by atoms with Crippen molar-refractivity contribution in [1.29, 1.82) is 0 Å². The van der Waals surface area contributed by atoms with E-state index in [9.17, 15) is 4.79 Å². The number of nitrogens with zero attached hydrogens (tertiary/aromatic N) is 2. The lowest BCUT2D eigenvalue weighted by molar-refractivity contribution is 0.508. The van der Waals surface area contributed by atoms with Gasteiger partial charge < -0.3 is 9.88 Å². The summed E-state index contributed by atoms with van der Waals surface area (Å²) in [7, 11) is 0. The molecule has 0 aliphatic carbocycles. The van der Waals surface area contributed by atoms with Gasteiger partial charge in [-0.25, -0.2) is 4.98 Å². The largest absolute Gasteiger partial charge is 0.359 e. The highest BCUT2D eigenvalue weighted by Crippen LogP contribution is 2.23. The van der Waals surface area contributed by atoms with Crippen LogP contribution in [0.3, 0.4) is 0 Å². The van der Waals surface area contributed by atoms with Gasteiger partial charge in [0.25, 0.3) is 5.56 Å². The van der Waals surface area contributed by atoms with Crippen LogP contribution in [-0.4, -0.2) is 15.6 Å². The van der Waals surface area contributed by atoms with Crippen molar-refractivity contribution >= 4 is 16.5 Å². The molecule has 2 aromatic rings. The van der Waals surface area contributed by atoms with E-state index in [0.717, 1.165) is 23.8 Å². The molecule has 0 saturated heterocycles. The molecule has 0 fully saturated rings. The highest BCUT2D eigenvalue weighted by atomic mass is 32.1. The van der Waals surface area contributed by atoms with E-state index in [2.05, 4.69) is 38.0 Å². The van der Waals surface area contributed by atoms with Crippen molar-refractivity contribution in [2.75, 3.05) is 5.32 Å². The molecule has 0 saturated carbocycles. The van der Waals surface area contributed by atoms with Crippen molar-refractivity contribution in [3.05, 3.63) is 34.1 Å². The van der Waals surface area contributed by atoms with Crippen LogP contribution in [0.4, 0.5) is 5.13 Å². The van der Waals surface area contributed by atoms with Gasteiger partial charge in [0.15, 0.2) is 5.13 Å². The summed E-state index contributed by atoms with van der Waals surface area (Å²) in [5.41, 5.74) is 1.47. The molecular formula is C16H23N3OS. The number of rotatable bonds is 6. The van der Waals surface area contributed by atoms with E-state index < -0.39 is 0 Å². The fourth-order valence-electron chi connectivity index (χ4n) is 2.02. The van der Waals surface area contributed by atoms with E-state index in [0.29, 0.717) is 17.5 Å². The second kappa shape index (κ2) is 6.89. The molecule has 21 heavy (non-hydrogen) atoms. The Balaban J connectivity index is 2.25. The van der Waals surface area contributed by atoms with E-state index in [1.807, 2.05) is 23.7 Å². The van der Waals surface area contributed by atoms with Crippen LogP contribution in [0.2, 0.25) is 0 Å². The Morgan fingerprint density at radius 3 is 2.76 bits per heavy atom. The first kappa shape index (κ1) is 15.8. The number of anilines is 1. The first-order chi connectivity index (χ1) is 9.97. The second-order valence-corrected chi connectivity index (χ2v) is 6.80. The molecular weight excluding hydrogens is 282 g/mol. The van der Waals surface area contributed by atoms with Gasteiger partial charge in [-0.05, 0) is 38.3 Å². The summed E-state index contributed by atoms with van der Waals surface area (Å²) in [5.74, 6) is 0.585. The number of nitrogens with one attached hydrogen (secondary N) is 1. The fourth-order valence-corrected chi connectivity index (χ4v) is 2.87. The van der Waals surface area contributed by atoms with E-state index in [1.165, 1.54) is 11.3 Å². The Hall–Kier alpha value is -1.62. The van der Waals surface area contributed by atoms with Crippen LogP contribution >= 0.6 is 11.3 Å². The van der Waals surface area contributed by atoms with Crippen molar-refractivity contribution in [2.45, 2.75) is 46.7 Å². The van der Waals surface area contributed by atoms with Gasteiger partial charge in [0.1, 0.15) is 0 Å². The standard InChI is InChI=1S/C16H23N3OS/c1-11(2)7-9-19-8-5-6-13(15(19)20)14-10-21-16(18-14)17-12(3)4/h5-6,8,10-12H,7,9H2,1-4H3,(H,17,18). The predicted molar refractivity (Wildman–Crippen MR) is 90.0 cm³/mol. The van der Waals surface area contributed by atoms with Crippen LogP contribution < -0.4 is 10.9 Å². The van der Waals surface area contributed by atoms with Crippen LogP contribution in [0.15, 0.2) is 28.5 Å². The third-order valence-electron chi connectivity index (χ3n) is 3.16. The van der Waals surface area contributed by atoms with Crippen LogP contribution in [0, 0.1) is 5.92 Å². The van der Waals surface area contributed by atoms with Gasteiger partial charge in [0, 0.05) is 24.2 Å². The molecule has 2 rings (SSSR count). The molecule has 1 N–H and O–H groups in total. The summed E-state index contributed by atoms with van der Waals surface area (Å²) in [5, 5.41) is 6.06. The van der Waals surface area contributed by atoms with Crippen molar-refractivity contribution in [1.82, 2.24) is 9.55 Å². The number of hydrogen-bond donors (Lipinski definition) is 1. The van der Waals surface area contributed by atoms with Gasteiger partial charge in [-0.15, -0.1) is 11.3 Å². The Bertz CT molecular complexity index is 643. The molecule has 0 unspecified atom stereocenters. The van der Waals surface area contributed by atoms with Gasteiger partial charge in [-0.1, -0.05) is 13.8 Å². The molecule has 0 aliphatic rings. The first-order valence-electron chi connectivity index (χ1n) is 7.39. The molecule has 0 radical (unpaired) electrons. The lowest BCUT2D eigenvalue weighted by Gasteiger charge is -2.09. The Morgan fingerprint density at radius 2 is 2.10 bits per heavy atom. The highest BCUT2D eigenvalue weighted by molar-refractivity contribution is 7.14. The van der Waals surface area contributed by atoms with Crippen molar-refractivity contribution in [3.63, 3.8) is 0 Å². The zero-order chi connectivity index (χ0) is 15.4. The van der Waals surface area contributed by atoms with Gasteiger partial charge in [0.05, 0.1) is 11.3 Å². The maximum Gasteiger partial charge on any atom is 0.260 e. The summed E-state index contributed by atoms with van der Waals surface area (Å²) in [6, 6.07) is 4.11. The van der Waals surface area contributed by atoms with Gasteiger partial charge in [-0.3, -0.25) is 4.79 Å². The van der Waals surface area contributed by atoms with Crippen LogP contribution in [0.1, 0.15) is 34.1 Å². The predicted octanol–water partition coefficient (Wildman–Crippen LogP) is 3.84. The van der Waals surface area contributed by atoms with E-state index in [1.54, 1.807) is 4.57 Å². The summed E-state index contributed by atoms with van der Waals surface area (Å²) in [6.07, 6.45) is 2.86. The summed E-state index contributed by atoms with van der Waals surface area (Å²) < 4.78 is 1.78. The minimum Gasteiger partial charge on any atom is -0.359 e. The maximum absolute atomic E-state index is 12.5. The summed E-state index contributed by atoms with van der Waals surface area (Å²) in [4.78, 5) is 17.0. The summed E-state index contributed by atoms with van der Waals surface area (Å²) in [6.45, 7) is 9.23. The molecule has 114 valence electrons. The average Bonchev–Trinajstić information content (AvgIpc) is 2.84. The average molecular weight is 305 g/mol. The monoisotopic (exact) mass is 305 g/mol. The molecule has 4 nitrogen and oxygen atoms in total. The molecule has 0 aliphatic heterocycles. The SMILES string of the molecule is CC(C)CCn1cccc(-c2csc(NC(C)C)n2)c1=O. The second-order valence-electron chi connectivity index (χ2n) is 5.94. The minimum atomic E-state index is 0.0412. The summed E-state index contributed by atoms with van der Waals surface area (Å²) >= 11 is 1.54. The number of thiazole rings is 1. The number of pyridine rings is 1. The van der Waals surface area contributed by atoms with Gasteiger partial charge >= 0.3 is 0 Å². The normalized spacial score (nSPS) is 11.3. The quantitative estimate of drug-likeness (QED) is 0.882. The molecule has 0 spiro atoms. The minimum absolute atomic E-state index is 0.0412. The Morgan fingerprint density at radius 1 is 1.33 bits per heavy atom. The Labute approximate surface area is 129 Å². The smallest absolute Gasteiger partial charge is 0.260 e. The number of aryl methyl sites for hydroxylation is 1. The maximum atomic E-state index is 12.5. The fraction of sp³-hybridized carbons (Fsp3) is 0.500. The highest BCUT2D eigenvalue weighted by Gasteiger charge is 2.10. The molecule has 2 aromatic heterocycles. The van der Waals surface area contributed by atoms with Gasteiger partial charge in [0.2, 0.25) is 0 Å². The third kappa shape index (κ3) is 4.17. The lowest BCUT2D eigenvalue weighted by atomic mass is 10.1. The number of hydrogen-bond acceptors (Lipinski definition) is 4. The van der Waals surface area contributed by atoms with Crippen molar-refractivity contribution in [3.8, 4) is 11.3 Å². The molecule has 0 bridgehead atoms. The zero-order valence-corrected chi connectivity index (χ0v) is 13.9. The molecule has 5 heteroatoms. The van der Waals surface area contributed by atoms with E-state index >= 15 is 0 Å². The van der Waals surface area contributed by atoms with Crippen LogP contribution in [0.25, 0.3) is 11.3 Å².